The molecule has 1 rings (SSSR count). The second kappa shape index (κ2) is 7.80. The van der Waals surface area contributed by atoms with Gasteiger partial charge in [-0.05, 0) is 36.6 Å². The van der Waals surface area contributed by atoms with Gasteiger partial charge in [-0.25, -0.2) is 4.39 Å². The SMILES string of the molecule is CCCOCCC(O)Cc1cc(Br)ccc1F. The Morgan fingerprint density at radius 3 is 2.88 bits per heavy atom. The van der Waals surface area contributed by atoms with Crippen molar-refractivity contribution in [3.8, 4) is 0 Å². The third-order valence-electron chi connectivity index (χ3n) is 2.41. The first-order valence-corrected chi connectivity index (χ1v) is 6.62. The minimum absolute atomic E-state index is 0.276. The van der Waals surface area contributed by atoms with E-state index in [9.17, 15) is 9.50 Å². The van der Waals surface area contributed by atoms with Gasteiger partial charge in [0.15, 0.2) is 0 Å². The van der Waals surface area contributed by atoms with E-state index in [2.05, 4.69) is 15.9 Å². The van der Waals surface area contributed by atoms with Gasteiger partial charge in [-0.1, -0.05) is 22.9 Å². The molecule has 0 spiro atoms. The van der Waals surface area contributed by atoms with Crippen molar-refractivity contribution in [3.63, 3.8) is 0 Å². The molecule has 0 bridgehead atoms. The molecule has 0 fully saturated rings. The summed E-state index contributed by atoms with van der Waals surface area (Å²) in [6.45, 7) is 3.26. The summed E-state index contributed by atoms with van der Waals surface area (Å²) in [4.78, 5) is 0. The molecule has 4 heteroatoms. The van der Waals surface area contributed by atoms with Gasteiger partial charge < -0.3 is 9.84 Å². The normalized spacial score (nSPS) is 12.7. The minimum Gasteiger partial charge on any atom is -0.393 e. The van der Waals surface area contributed by atoms with Crippen molar-refractivity contribution in [1.29, 1.82) is 0 Å². The number of ether oxygens (including phenoxy) is 1. The molecule has 1 aromatic carbocycles. The maximum atomic E-state index is 13.4. The Morgan fingerprint density at radius 1 is 1.41 bits per heavy atom. The molecule has 1 aromatic rings. The van der Waals surface area contributed by atoms with E-state index in [4.69, 9.17) is 4.74 Å². The Morgan fingerprint density at radius 2 is 2.18 bits per heavy atom. The number of halogens is 2. The number of aliphatic hydroxyl groups is 1. The summed E-state index contributed by atoms with van der Waals surface area (Å²) in [6, 6.07) is 4.75. The second-order valence-corrected chi connectivity index (χ2v) is 4.91. The molecule has 0 heterocycles. The Hall–Kier alpha value is -0.450. The Balaban J connectivity index is 2.39. The number of aliphatic hydroxyl groups excluding tert-OH is 1. The van der Waals surface area contributed by atoms with Crippen LogP contribution in [-0.2, 0) is 11.2 Å². The van der Waals surface area contributed by atoms with Crippen LogP contribution in [0.15, 0.2) is 22.7 Å². The summed E-state index contributed by atoms with van der Waals surface area (Å²) < 4.78 is 19.5. The highest BCUT2D eigenvalue weighted by atomic mass is 79.9. The molecule has 1 atom stereocenters. The summed E-state index contributed by atoms with van der Waals surface area (Å²) in [6.07, 6.45) is 1.26. The van der Waals surface area contributed by atoms with Crippen LogP contribution in [0.4, 0.5) is 4.39 Å². The van der Waals surface area contributed by atoms with Gasteiger partial charge in [0.2, 0.25) is 0 Å². The monoisotopic (exact) mass is 304 g/mol. The van der Waals surface area contributed by atoms with Gasteiger partial charge in [0.1, 0.15) is 5.82 Å². The lowest BCUT2D eigenvalue weighted by atomic mass is 10.1. The van der Waals surface area contributed by atoms with Crippen molar-refractivity contribution >= 4 is 15.9 Å². The van der Waals surface area contributed by atoms with Crippen LogP contribution in [0.1, 0.15) is 25.3 Å². The molecule has 0 saturated carbocycles. The maximum Gasteiger partial charge on any atom is 0.126 e. The fraction of sp³-hybridized carbons (Fsp3) is 0.538. The molecule has 0 aliphatic rings. The van der Waals surface area contributed by atoms with Gasteiger partial charge in [0.25, 0.3) is 0 Å². The molecule has 17 heavy (non-hydrogen) atoms. The van der Waals surface area contributed by atoms with Crippen molar-refractivity contribution in [2.24, 2.45) is 0 Å². The van der Waals surface area contributed by atoms with E-state index in [-0.39, 0.29) is 5.82 Å². The molecule has 0 radical (unpaired) electrons. The zero-order chi connectivity index (χ0) is 12.7. The molecule has 1 unspecified atom stereocenters. The van der Waals surface area contributed by atoms with E-state index >= 15 is 0 Å². The number of hydrogen-bond donors (Lipinski definition) is 1. The van der Waals surface area contributed by atoms with Crippen LogP contribution in [-0.4, -0.2) is 24.4 Å². The second-order valence-electron chi connectivity index (χ2n) is 3.99. The summed E-state index contributed by atoms with van der Waals surface area (Å²) in [5, 5.41) is 9.76. The van der Waals surface area contributed by atoms with E-state index in [1.807, 2.05) is 6.92 Å². The van der Waals surface area contributed by atoms with Crippen LogP contribution in [0.25, 0.3) is 0 Å². The van der Waals surface area contributed by atoms with E-state index in [0.29, 0.717) is 31.6 Å². The number of rotatable bonds is 7. The van der Waals surface area contributed by atoms with E-state index in [0.717, 1.165) is 10.9 Å². The summed E-state index contributed by atoms with van der Waals surface area (Å²) in [5.41, 5.74) is 0.530. The van der Waals surface area contributed by atoms with E-state index in [1.54, 1.807) is 12.1 Å². The maximum absolute atomic E-state index is 13.4. The standard InChI is InChI=1S/C13H18BrFO2/c1-2-6-17-7-5-12(16)9-10-8-11(14)3-4-13(10)15/h3-4,8,12,16H,2,5-7,9H2,1H3. The summed E-state index contributed by atoms with van der Waals surface area (Å²) in [5.74, 6) is -0.276. The Bertz CT molecular complexity index is 344. The lowest BCUT2D eigenvalue weighted by Gasteiger charge is -2.11. The van der Waals surface area contributed by atoms with Crippen molar-refractivity contribution < 1.29 is 14.2 Å². The molecule has 96 valence electrons. The topological polar surface area (TPSA) is 29.5 Å². The molecule has 0 aliphatic carbocycles. The van der Waals surface area contributed by atoms with Crippen LogP contribution < -0.4 is 0 Å². The fourth-order valence-corrected chi connectivity index (χ4v) is 1.93. The average Bonchev–Trinajstić information content (AvgIpc) is 2.29. The molecular weight excluding hydrogens is 287 g/mol. The first-order valence-electron chi connectivity index (χ1n) is 5.83. The van der Waals surface area contributed by atoms with Crippen LogP contribution in [0, 0.1) is 5.82 Å². The van der Waals surface area contributed by atoms with Gasteiger partial charge in [-0.15, -0.1) is 0 Å². The quantitative estimate of drug-likeness (QED) is 0.783. The fourth-order valence-electron chi connectivity index (χ4n) is 1.52. The van der Waals surface area contributed by atoms with E-state index < -0.39 is 6.10 Å². The third-order valence-corrected chi connectivity index (χ3v) is 2.90. The van der Waals surface area contributed by atoms with Gasteiger partial charge >= 0.3 is 0 Å². The van der Waals surface area contributed by atoms with Crippen LogP contribution >= 0.6 is 15.9 Å². The zero-order valence-corrected chi connectivity index (χ0v) is 11.5. The summed E-state index contributed by atoms with van der Waals surface area (Å²) >= 11 is 3.29. The lowest BCUT2D eigenvalue weighted by molar-refractivity contribution is 0.0820. The first kappa shape index (κ1) is 14.6. The molecule has 1 N–H and O–H groups in total. The molecule has 0 saturated heterocycles. The van der Waals surface area contributed by atoms with Crippen LogP contribution in [0.2, 0.25) is 0 Å². The minimum atomic E-state index is -0.560. The smallest absolute Gasteiger partial charge is 0.126 e. The molecule has 2 nitrogen and oxygen atoms in total. The average molecular weight is 305 g/mol. The van der Waals surface area contributed by atoms with Crippen molar-refractivity contribution in [3.05, 3.63) is 34.1 Å². The van der Waals surface area contributed by atoms with Gasteiger partial charge in [0.05, 0.1) is 6.10 Å². The van der Waals surface area contributed by atoms with Crippen LogP contribution in [0.3, 0.4) is 0 Å². The third kappa shape index (κ3) is 5.61. The highest BCUT2D eigenvalue weighted by Gasteiger charge is 2.09. The van der Waals surface area contributed by atoms with Crippen molar-refractivity contribution in [1.82, 2.24) is 0 Å². The van der Waals surface area contributed by atoms with Gasteiger partial charge in [0, 0.05) is 24.1 Å². The first-order chi connectivity index (χ1) is 8.13. The zero-order valence-electron chi connectivity index (χ0n) is 9.96. The van der Waals surface area contributed by atoms with Crippen molar-refractivity contribution in [2.45, 2.75) is 32.3 Å². The van der Waals surface area contributed by atoms with Crippen molar-refractivity contribution in [2.75, 3.05) is 13.2 Å². The highest BCUT2D eigenvalue weighted by molar-refractivity contribution is 9.10. The van der Waals surface area contributed by atoms with Crippen LogP contribution in [0.5, 0.6) is 0 Å². The molecular formula is C13H18BrFO2. The predicted octanol–water partition coefficient (Wildman–Crippen LogP) is 3.31. The number of hydrogen-bond acceptors (Lipinski definition) is 2. The summed E-state index contributed by atoms with van der Waals surface area (Å²) in [7, 11) is 0. The van der Waals surface area contributed by atoms with Gasteiger partial charge in [-0.2, -0.15) is 0 Å². The molecule has 0 aromatic heterocycles. The van der Waals surface area contributed by atoms with E-state index in [1.165, 1.54) is 6.07 Å². The predicted molar refractivity (Wildman–Crippen MR) is 69.5 cm³/mol. The highest BCUT2D eigenvalue weighted by Crippen LogP contribution is 2.17. The number of benzene rings is 1. The molecule has 0 amide bonds. The van der Waals surface area contributed by atoms with Gasteiger partial charge in [-0.3, -0.25) is 0 Å². The largest absolute Gasteiger partial charge is 0.393 e. The Kier molecular flexibility index (Phi) is 6.70. The molecule has 0 aliphatic heterocycles. The lowest BCUT2D eigenvalue weighted by Crippen LogP contribution is -2.14. The Labute approximate surface area is 110 Å².